The van der Waals surface area contributed by atoms with Crippen LogP contribution in [0.25, 0.3) is 0 Å². The molecule has 0 saturated heterocycles. The number of thiazole rings is 1. The number of alkyl halides is 3. The van der Waals surface area contributed by atoms with E-state index >= 15 is 0 Å². The average molecular weight is 501 g/mol. The van der Waals surface area contributed by atoms with E-state index in [4.69, 9.17) is 11.6 Å². The summed E-state index contributed by atoms with van der Waals surface area (Å²) in [7, 11) is 0. The minimum Gasteiger partial charge on any atom is -0.342 e. The van der Waals surface area contributed by atoms with Gasteiger partial charge in [-0.2, -0.15) is 13.2 Å². The molecule has 0 aliphatic heterocycles. The molecule has 33 heavy (non-hydrogen) atoms. The molecule has 13 heteroatoms. The van der Waals surface area contributed by atoms with Crippen LogP contribution in [0.3, 0.4) is 0 Å². The second-order valence-electron chi connectivity index (χ2n) is 7.41. The number of halogens is 4. The third-order valence-corrected chi connectivity index (χ3v) is 6.08. The fourth-order valence-corrected chi connectivity index (χ4v) is 4.13. The van der Waals surface area contributed by atoms with Crippen molar-refractivity contribution >= 4 is 40.6 Å². The summed E-state index contributed by atoms with van der Waals surface area (Å²) in [6.45, 7) is 7.39. The van der Waals surface area contributed by atoms with Gasteiger partial charge >= 0.3 is 6.18 Å². The number of pyridine rings is 1. The van der Waals surface area contributed by atoms with E-state index in [0.29, 0.717) is 22.6 Å². The van der Waals surface area contributed by atoms with E-state index < -0.39 is 28.7 Å². The zero-order chi connectivity index (χ0) is 24.5. The maximum atomic E-state index is 13.0. The van der Waals surface area contributed by atoms with Gasteiger partial charge in [-0.05, 0) is 33.8 Å². The summed E-state index contributed by atoms with van der Waals surface area (Å²) >= 11 is 6.54. The molecule has 3 aromatic heterocycles. The van der Waals surface area contributed by atoms with Gasteiger partial charge in [-0.3, -0.25) is 9.59 Å². The van der Waals surface area contributed by atoms with Crippen LogP contribution in [0.15, 0.2) is 24.7 Å². The largest absolute Gasteiger partial charge is 0.418 e. The lowest BCUT2D eigenvalue weighted by molar-refractivity contribution is -0.137. The van der Waals surface area contributed by atoms with Gasteiger partial charge in [-0.1, -0.05) is 11.6 Å². The Labute approximate surface area is 196 Å². The number of hydrogen-bond donors (Lipinski definition) is 2. The van der Waals surface area contributed by atoms with Gasteiger partial charge in [0.15, 0.2) is 0 Å². The first-order valence-corrected chi connectivity index (χ1v) is 10.9. The van der Waals surface area contributed by atoms with Gasteiger partial charge in [-0.25, -0.2) is 15.0 Å². The van der Waals surface area contributed by atoms with Gasteiger partial charge in [0.2, 0.25) is 0 Å². The van der Waals surface area contributed by atoms with Crippen molar-refractivity contribution in [3.05, 3.63) is 56.6 Å². The van der Waals surface area contributed by atoms with Crippen molar-refractivity contribution in [3.63, 3.8) is 0 Å². The lowest BCUT2D eigenvalue weighted by Crippen LogP contribution is -2.29. The summed E-state index contributed by atoms with van der Waals surface area (Å²) in [6, 6.07) is 0.175. The van der Waals surface area contributed by atoms with Gasteiger partial charge in [0.25, 0.3) is 11.8 Å². The Morgan fingerprint density at radius 3 is 2.42 bits per heavy atom. The normalized spacial score (nSPS) is 12.6. The molecule has 2 amide bonds. The molecule has 3 rings (SSSR count). The summed E-state index contributed by atoms with van der Waals surface area (Å²) in [4.78, 5) is 37.4. The fraction of sp³-hybridized carbons (Fsp3) is 0.350. The maximum absolute atomic E-state index is 13.0. The van der Waals surface area contributed by atoms with Crippen LogP contribution in [-0.2, 0) is 6.18 Å². The number of imidazole rings is 1. The van der Waals surface area contributed by atoms with Crippen molar-refractivity contribution in [2.75, 3.05) is 5.32 Å². The van der Waals surface area contributed by atoms with Crippen LogP contribution in [-0.4, -0.2) is 31.3 Å². The second-order valence-corrected chi connectivity index (χ2v) is 8.88. The number of anilines is 1. The van der Waals surface area contributed by atoms with Gasteiger partial charge < -0.3 is 15.2 Å². The van der Waals surface area contributed by atoms with Crippen molar-refractivity contribution in [3.8, 4) is 0 Å². The third kappa shape index (κ3) is 5.50. The molecule has 8 nitrogen and oxygen atoms in total. The Kier molecular flexibility index (Phi) is 7.08. The van der Waals surface area contributed by atoms with Crippen molar-refractivity contribution < 1.29 is 22.8 Å². The standard InChI is InChI=1S/C20H20ClF3N6O2S/c1-9(2)30-11(4)25-7-14(30)17(31)28-10(3)19-27-8-15(33-19)18(32)29-16-5-12(20(22,23)24)13(21)6-26-16/h5-10H,1-4H3,(H,28,31)(H,26,29,32). The van der Waals surface area contributed by atoms with Crippen LogP contribution >= 0.6 is 22.9 Å². The minimum atomic E-state index is -4.69. The molecule has 0 spiro atoms. The number of rotatable bonds is 6. The number of hydrogen-bond acceptors (Lipinski definition) is 6. The quantitative estimate of drug-likeness (QED) is 0.493. The summed E-state index contributed by atoms with van der Waals surface area (Å²) in [5.74, 6) is -0.623. The molecular formula is C20H20ClF3N6O2S. The molecule has 1 atom stereocenters. The van der Waals surface area contributed by atoms with E-state index in [1.807, 2.05) is 13.8 Å². The van der Waals surface area contributed by atoms with Gasteiger partial charge in [-0.15, -0.1) is 11.3 Å². The van der Waals surface area contributed by atoms with Gasteiger partial charge in [0.1, 0.15) is 27.2 Å². The first kappa shape index (κ1) is 24.6. The van der Waals surface area contributed by atoms with Gasteiger partial charge in [0, 0.05) is 12.2 Å². The molecule has 3 aromatic rings. The molecular weight excluding hydrogens is 481 g/mol. The third-order valence-electron chi connectivity index (χ3n) is 4.60. The minimum absolute atomic E-state index is 0.0399. The molecule has 2 N–H and O–H groups in total. The van der Waals surface area contributed by atoms with Crippen LogP contribution in [0.2, 0.25) is 5.02 Å². The van der Waals surface area contributed by atoms with E-state index in [9.17, 15) is 22.8 Å². The number of nitrogens with zero attached hydrogens (tertiary/aromatic N) is 4. The van der Waals surface area contributed by atoms with E-state index in [1.54, 1.807) is 18.4 Å². The number of carbonyl (C=O) groups is 2. The zero-order valence-corrected chi connectivity index (χ0v) is 19.6. The first-order chi connectivity index (χ1) is 15.4. The van der Waals surface area contributed by atoms with Crippen LogP contribution in [0, 0.1) is 6.92 Å². The van der Waals surface area contributed by atoms with Crippen molar-refractivity contribution in [1.82, 2.24) is 24.8 Å². The van der Waals surface area contributed by atoms with Crippen molar-refractivity contribution in [2.24, 2.45) is 0 Å². The lowest BCUT2D eigenvalue weighted by Gasteiger charge is -2.16. The number of carbonyl (C=O) groups excluding carboxylic acids is 2. The number of aromatic nitrogens is 4. The molecule has 0 aromatic carbocycles. The predicted octanol–water partition coefficient (Wildman–Crippen LogP) is 5.04. The molecule has 0 fully saturated rings. The SMILES string of the molecule is Cc1ncc(C(=O)NC(C)c2ncc(C(=O)Nc3cc(C(F)(F)F)c(Cl)cn3)s2)n1C(C)C. The molecule has 0 aliphatic carbocycles. The average Bonchev–Trinajstić information content (AvgIpc) is 3.35. The molecule has 3 heterocycles. The molecule has 0 aliphatic rings. The topological polar surface area (TPSA) is 102 Å². The molecule has 0 radical (unpaired) electrons. The summed E-state index contributed by atoms with van der Waals surface area (Å²) < 4.78 is 40.8. The van der Waals surface area contributed by atoms with E-state index in [2.05, 4.69) is 25.6 Å². The number of aryl methyl sites for hydroxylation is 1. The first-order valence-electron chi connectivity index (χ1n) is 9.73. The highest BCUT2D eigenvalue weighted by atomic mass is 35.5. The Morgan fingerprint density at radius 2 is 1.79 bits per heavy atom. The van der Waals surface area contributed by atoms with Crippen LogP contribution in [0.5, 0.6) is 0 Å². The monoisotopic (exact) mass is 500 g/mol. The summed E-state index contributed by atoms with van der Waals surface area (Å²) in [6.07, 6.45) is -1.10. The van der Waals surface area contributed by atoms with Crippen LogP contribution < -0.4 is 10.6 Å². The zero-order valence-electron chi connectivity index (χ0n) is 18.0. The fourth-order valence-electron chi connectivity index (χ4n) is 3.10. The van der Waals surface area contributed by atoms with Crippen molar-refractivity contribution in [1.29, 1.82) is 0 Å². The summed E-state index contributed by atoms with van der Waals surface area (Å²) in [5, 5.41) is 5.00. The van der Waals surface area contributed by atoms with E-state index in [0.717, 1.165) is 17.5 Å². The summed E-state index contributed by atoms with van der Waals surface area (Å²) in [5.41, 5.74) is -0.704. The number of nitrogens with one attached hydrogen (secondary N) is 2. The second kappa shape index (κ2) is 9.48. The Morgan fingerprint density at radius 1 is 1.09 bits per heavy atom. The smallest absolute Gasteiger partial charge is 0.342 e. The lowest BCUT2D eigenvalue weighted by atomic mass is 10.2. The highest BCUT2D eigenvalue weighted by Gasteiger charge is 2.34. The highest BCUT2D eigenvalue weighted by molar-refractivity contribution is 7.13. The number of amides is 2. The molecule has 1 unspecified atom stereocenters. The maximum Gasteiger partial charge on any atom is 0.418 e. The Hall–Kier alpha value is -2.99. The van der Waals surface area contributed by atoms with Crippen molar-refractivity contribution in [2.45, 2.75) is 46.0 Å². The predicted molar refractivity (Wildman–Crippen MR) is 118 cm³/mol. The van der Waals surface area contributed by atoms with E-state index in [-0.39, 0.29) is 22.6 Å². The Balaban J connectivity index is 1.71. The van der Waals surface area contributed by atoms with Gasteiger partial charge in [0.05, 0.1) is 29.0 Å². The van der Waals surface area contributed by atoms with Crippen LogP contribution in [0.4, 0.5) is 19.0 Å². The molecule has 176 valence electrons. The van der Waals surface area contributed by atoms with Crippen LogP contribution in [0.1, 0.15) is 69.4 Å². The highest BCUT2D eigenvalue weighted by Crippen LogP contribution is 2.35. The molecule has 0 bridgehead atoms. The molecule has 0 saturated carbocycles. The Bertz CT molecular complexity index is 1190. The van der Waals surface area contributed by atoms with E-state index in [1.165, 1.54) is 12.4 Å².